The van der Waals surface area contributed by atoms with Crippen LogP contribution in [0, 0.1) is 0 Å². The van der Waals surface area contributed by atoms with E-state index in [0.717, 1.165) is 25.2 Å². The van der Waals surface area contributed by atoms with Gasteiger partial charge in [0, 0.05) is 26.2 Å². The number of likely N-dealkylation sites (N-methyl/N-ethyl adjacent to an activating group) is 1. The molecular formula is C17H16BrClF3N3O2. The fourth-order valence-electron chi connectivity index (χ4n) is 2.83. The number of hydrogen-bond acceptors (Lipinski definition) is 4. The van der Waals surface area contributed by atoms with Gasteiger partial charge >= 0.3 is 6.18 Å². The van der Waals surface area contributed by atoms with Crippen molar-refractivity contribution in [3.63, 3.8) is 0 Å². The van der Waals surface area contributed by atoms with Crippen molar-refractivity contribution < 1.29 is 22.4 Å². The van der Waals surface area contributed by atoms with Gasteiger partial charge in [0.2, 0.25) is 0 Å². The summed E-state index contributed by atoms with van der Waals surface area (Å²) in [6.45, 7) is 2.62. The smallest absolute Gasteiger partial charge is 0.416 e. The van der Waals surface area contributed by atoms with Gasteiger partial charge in [-0.3, -0.25) is 4.79 Å². The van der Waals surface area contributed by atoms with E-state index >= 15 is 0 Å². The molecular weight excluding hydrogens is 451 g/mol. The third-order valence-electron chi connectivity index (χ3n) is 4.26. The Labute approximate surface area is 167 Å². The molecule has 0 bridgehead atoms. The minimum atomic E-state index is -4.59. The zero-order chi connectivity index (χ0) is 19.8. The van der Waals surface area contributed by atoms with Crippen molar-refractivity contribution in [2.45, 2.75) is 6.18 Å². The summed E-state index contributed by atoms with van der Waals surface area (Å²) in [5.41, 5.74) is -0.560. The molecule has 0 spiro atoms. The highest BCUT2D eigenvalue weighted by atomic mass is 79.9. The van der Waals surface area contributed by atoms with E-state index < -0.39 is 17.6 Å². The molecule has 0 saturated carbocycles. The highest BCUT2D eigenvalue weighted by molar-refractivity contribution is 9.10. The van der Waals surface area contributed by atoms with Crippen LogP contribution in [0.2, 0.25) is 5.02 Å². The fourth-order valence-corrected chi connectivity index (χ4v) is 3.48. The summed E-state index contributed by atoms with van der Waals surface area (Å²) in [5.74, 6) is -0.689. The summed E-state index contributed by atoms with van der Waals surface area (Å²) < 4.78 is 45.2. The molecule has 146 valence electrons. The second kappa shape index (κ2) is 7.73. The Kier molecular flexibility index (Phi) is 5.73. The third-order valence-corrected chi connectivity index (χ3v) is 4.97. The number of carbonyl (C=O) groups excluding carboxylic acids is 1. The first-order valence-corrected chi connectivity index (χ1v) is 9.23. The third kappa shape index (κ3) is 4.59. The van der Waals surface area contributed by atoms with Crippen LogP contribution in [0.1, 0.15) is 16.1 Å². The maximum absolute atomic E-state index is 13.2. The molecule has 5 nitrogen and oxygen atoms in total. The van der Waals surface area contributed by atoms with E-state index in [2.05, 4.69) is 26.1 Å². The van der Waals surface area contributed by atoms with E-state index in [9.17, 15) is 18.0 Å². The van der Waals surface area contributed by atoms with Crippen LogP contribution in [-0.2, 0) is 6.18 Å². The highest BCUT2D eigenvalue weighted by Crippen LogP contribution is 2.41. The predicted molar refractivity (Wildman–Crippen MR) is 101 cm³/mol. The average Bonchev–Trinajstić information content (AvgIpc) is 3.01. The molecule has 1 amide bonds. The number of nitrogens with zero attached hydrogens (tertiary/aromatic N) is 2. The van der Waals surface area contributed by atoms with Gasteiger partial charge in [-0.25, -0.2) is 0 Å². The van der Waals surface area contributed by atoms with E-state index in [1.807, 2.05) is 11.9 Å². The minimum Gasteiger partial charge on any atom is -0.444 e. The molecule has 1 aromatic heterocycles. The van der Waals surface area contributed by atoms with Crippen molar-refractivity contribution in [1.82, 2.24) is 4.90 Å². The molecule has 0 aliphatic carbocycles. The number of hydrogen-bond donors (Lipinski definition) is 1. The lowest BCUT2D eigenvalue weighted by Crippen LogP contribution is -2.45. The maximum Gasteiger partial charge on any atom is 0.416 e. The van der Waals surface area contributed by atoms with E-state index in [1.54, 1.807) is 0 Å². The monoisotopic (exact) mass is 465 g/mol. The van der Waals surface area contributed by atoms with Crippen LogP contribution in [0.15, 0.2) is 33.4 Å². The van der Waals surface area contributed by atoms with Crippen LogP contribution in [0.5, 0.6) is 0 Å². The Morgan fingerprint density at radius 1 is 1.22 bits per heavy atom. The number of alkyl halides is 3. The number of carbonyl (C=O) groups is 1. The quantitative estimate of drug-likeness (QED) is 0.711. The van der Waals surface area contributed by atoms with Gasteiger partial charge in [0.25, 0.3) is 5.91 Å². The average molecular weight is 467 g/mol. The van der Waals surface area contributed by atoms with E-state index in [0.29, 0.717) is 23.4 Å². The topological polar surface area (TPSA) is 48.7 Å². The Balaban J connectivity index is 1.99. The molecule has 27 heavy (non-hydrogen) atoms. The SMILES string of the molecule is CN1CCN(c2c(Cl)cc(C(F)(F)F)cc2NC(=O)c2ccc(Br)o2)CC1. The zero-order valence-corrected chi connectivity index (χ0v) is 16.6. The molecule has 1 saturated heterocycles. The summed E-state index contributed by atoms with van der Waals surface area (Å²) in [7, 11) is 1.96. The van der Waals surface area contributed by atoms with Gasteiger partial charge in [0.05, 0.1) is 22.0 Å². The number of anilines is 2. The lowest BCUT2D eigenvalue weighted by molar-refractivity contribution is -0.137. The Hall–Kier alpha value is -1.71. The molecule has 10 heteroatoms. The molecule has 0 radical (unpaired) electrons. The molecule has 2 aromatic rings. The number of amides is 1. The summed E-state index contributed by atoms with van der Waals surface area (Å²) in [6, 6.07) is 4.73. The summed E-state index contributed by atoms with van der Waals surface area (Å²) in [6.07, 6.45) is -4.59. The first-order valence-electron chi connectivity index (χ1n) is 8.06. The van der Waals surface area contributed by atoms with Crippen LogP contribution in [0.25, 0.3) is 0 Å². The normalized spacial score (nSPS) is 15.9. The number of benzene rings is 1. The van der Waals surface area contributed by atoms with Crippen LogP contribution in [0.3, 0.4) is 0 Å². The van der Waals surface area contributed by atoms with Gasteiger partial charge in [0.15, 0.2) is 10.4 Å². The second-order valence-corrected chi connectivity index (χ2v) is 7.39. The van der Waals surface area contributed by atoms with Crippen LogP contribution in [-0.4, -0.2) is 44.0 Å². The largest absolute Gasteiger partial charge is 0.444 e. The molecule has 1 N–H and O–H groups in total. The maximum atomic E-state index is 13.2. The second-order valence-electron chi connectivity index (χ2n) is 6.20. The molecule has 1 aliphatic heterocycles. The highest BCUT2D eigenvalue weighted by Gasteiger charge is 2.33. The van der Waals surface area contributed by atoms with Gasteiger partial charge < -0.3 is 19.5 Å². The van der Waals surface area contributed by atoms with Gasteiger partial charge in [-0.15, -0.1) is 0 Å². The number of nitrogens with one attached hydrogen (secondary N) is 1. The molecule has 0 atom stereocenters. The van der Waals surface area contributed by atoms with Crippen molar-refractivity contribution in [2.24, 2.45) is 0 Å². The number of furan rings is 1. The van der Waals surface area contributed by atoms with Crippen LogP contribution in [0.4, 0.5) is 24.5 Å². The van der Waals surface area contributed by atoms with Crippen LogP contribution >= 0.6 is 27.5 Å². The van der Waals surface area contributed by atoms with Crippen molar-refractivity contribution in [3.8, 4) is 0 Å². The van der Waals surface area contributed by atoms with Crippen molar-refractivity contribution >= 4 is 44.8 Å². The molecule has 1 aliphatic rings. The molecule has 1 aromatic carbocycles. The summed E-state index contributed by atoms with van der Waals surface area (Å²) in [5, 5.41) is 2.44. The first-order chi connectivity index (χ1) is 12.6. The Morgan fingerprint density at radius 2 is 1.89 bits per heavy atom. The summed E-state index contributed by atoms with van der Waals surface area (Å²) >= 11 is 9.29. The number of halogens is 5. The number of rotatable bonds is 3. The van der Waals surface area contributed by atoms with Gasteiger partial charge in [-0.1, -0.05) is 11.6 Å². The van der Waals surface area contributed by atoms with Gasteiger partial charge in [0.1, 0.15) is 0 Å². The standard InChI is InChI=1S/C17H16BrClF3N3O2/c1-24-4-6-25(7-5-24)15-11(19)8-10(17(20,21)22)9-12(15)23-16(26)13-2-3-14(18)27-13/h2-3,8-9H,4-7H2,1H3,(H,23,26). The molecule has 0 unspecified atom stereocenters. The van der Waals surface area contributed by atoms with Crippen LogP contribution < -0.4 is 10.2 Å². The van der Waals surface area contributed by atoms with Crippen molar-refractivity contribution in [2.75, 3.05) is 43.4 Å². The zero-order valence-electron chi connectivity index (χ0n) is 14.2. The fraction of sp³-hybridized carbons (Fsp3) is 0.353. The predicted octanol–water partition coefficient (Wildman–Crippen LogP) is 4.72. The molecule has 1 fully saturated rings. The Morgan fingerprint density at radius 3 is 2.44 bits per heavy atom. The lowest BCUT2D eigenvalue weighted by atomic mass is 10.1. The number of piperazine rings is 1. The lowest BCUT2D eigenvalue weighted by Gasteiger charge is -2.35. The van der Waals surface area contributed by atoms with Gasteiger partial charge in [-0.05, 0) is 47.2 Å². The van der Waals surface area contributed by atoms with Gasteiger partial charge in [-0.2, -0.15) is 13.2 Å². The van der Waals surface area contributed by atoms with E-state index in [1.165, 1.54) is 12.1 Å². The molecule has 2 heterocycles. The minimum absolute atomic E-state index is 0.00287. The van der Waals surface area contributed by atoms with Crippen molar-refractivity contribution in [1.29, 1.82) is 0 Å². The molecule has 3 rings (SSSR count). The summed E-state index contributed by atoms with van der Waals surface area (Å²) in [4.78, 5) is 16.4. The Bertz CT molecular complexity index is 848. The first kappa shape index (κ1) is 20.0. The van der Waals surface area contributed by atoms with Crippen molar-refractivity contribution in [3.05, 3.63) is 45.3 Å². The van der Waals surface area contributed by atoms with E-state index in [-0.39, 0.29) is 16.5 Å². The van der Waals surface area contributed by atoms with E-state index in [4.69, 9.17) is 16.0 Å².